The molecule has 1 aromatic carbocycles. The van der Waals surface area contributed by atoms with Gasteiger partial charge in [-0.05, 0) is 45.6 Å². The Morgan fingerprint density at radius 1 is 1.16 bits per heavy atom. The lowest BCUT2D eigenvalue weighted by Gasteiger charge is -2.35. The summed E-state index contributed by atoms with van der Waals surface area (Å²) in [5, 5.41) is 0. The SMILES string of the molecule is CCOCC1(c2ccc(C)cc2)CCCC1OCC. The molecular formula is C17H26O2. The molecule has 0 aromatic heterocycles. The summed E-state index contributed by atoms with van der Waals surface area (Å²) in [7, 11) is 0. The van der Waals surface area contributed by atoms with Crippen molar-refractivity contribution in [2.24, 2.45) is 0 Å². The molecule has 19 heavy (non-hydrogen) atoms. The van der Waals surface area contributed by atoms with Crippen LogP contribution in [0.15, 0.2) is 24.3 Å². The highest BCUT2D eigenvalue weighted by Gasteiger charge is 2.45. The number of ether oxygens (including phenoxy) is 2. The molecule has 1 aliphatic rings. The van der Waals surface area contributed by atoms with Gasteiger partial charge in [0.2, 0.25) is 0 Å². The summed E-state index contributed by atoms with van der Waals surface area (Å²) in [6.07, 6.45) is 3.84. The monoisotopic (exact) mass is 262 g/mol. The Hall–Kier alpha value is -0.860. The lowest BCUT2D eigenvalue weighted by molar-refractivity contribution is -0.0197. The van der Waals surface area contributed by atoms with E-state index < -0.39 is 0 Å². The number of aryl methyl sites for hydroxylation is 1. The van der Waals surface area contributed by atoms with Crippen molar-refractivity contribution in [3.05, 3.63) is 35.4 Å². The predicted molar refractivity (Wildman–Crippen MR) is 78.6 cm³/mol. The summed E-state index contributed by atoms with van der Waals surface area (Å²) in [6, 6.07) is 8.91. The normalized spacial score (nSPS) is 26.8. The molecule has 2 nitrogen and oxygen atoms in total. The molecule has 0 radical (unpaired) electrons. The van der Waals surface area contributed by atoms with Crippen LogP contribution >= 0.6 is 0 Å². The van der Waals surface area contributed by atoms with Crippen LogP contribution in [0.1, 0.15) is 44.2 Å². The van der Waals surface area contributed by atoms with Gasteiger partial charge in [-0.2, -0.15) is 0 Å². The van der Waals surface area contributed by atoms with Crippen LogP contribution in [-0.4, -0.2) is 25.9 Å². The minimum absolute atomic E-state index is 0.0553. The first-order valence-electron chi connectivity index (χ1n) is 7.49. The van der Waals surface area contributed by atoms with Crippen molar-refractivity contribution < 1.29 is 9.47 Å². The lowest BCUT2D eigenvalue weighted by atomic mass is 9.77. The molecule has 0 N–H and O–H groups in total. The maximum absolute atomic E-state index is 6.02. The standard InChI is InChI=1S/C17H26O2/c1-4-18-13-17(12-6-7-16(17)19-5-2)15-10-8-14(3)9-11-15/h8-11,16H,4-7,12-13H2,1-3H3. The largest absolute Gasteiger partial charge is 0.381 e. The molecule has 2 heteroatoms. The van der Waals surface area contributed by atoms with Crippen LogP contribution in [0.2, 0.25) is 0 Å². The minimum Gasteiger partial charge on any atom is -0.381 e. The van der Waals surface area contributed by atoms with Crippen molar-refractivity contribution in [1.29, 1.82) is 0 Å². The molecule has 106 valence electrons. The van der Waals surface area contributed by atoms with Gasteiger partial charge in [-0.3, -0.25) is 0 Å². The Bertz CT molecular complexity index is 385. The third-order valence-electron chi connectivity index (χ3n) is 4.26. The third-order valence-corrected chi connectivity index (χ3v) is 4.26. The Kier molecular flexibility index (Phi) is 5.00. The molecule has 0 spiro atoms. The number of rotatable bonds is 6. The molecule has 1 aliphatic carbocycles. The summed E-state index contributed by atoms with van der Waals surface area (Å²) in [6.45, 7) is 8.61. The number of hydrogen-bond donors (Lipinski definition) is 0. The van der Waals surface area contributed by atoms with E-state index in [9.17, 15) is 0 Å². The van der Waals surface area contributed by atoms with Crippen molar-refractivity contribution >= 4 is 0 Å². The smallest absolute Gasteiger partial charge is 0.0693 e. The molecule has 1 aromatic rings. The van der Waals surface area contributed by atoms with Gasteiger partial charge in [-0.15, -0.1) is 0 Å². The summed E-state index contributed by atoms with van der Waals surface area (Å²) < 4.78 is 11.8. The molecule has 0 bridgehead atoms. The molecule has 1 fully saturated rings. The lowest BCUT2D eigenvalue weighted by Crippen LogP contribution is -2.41. The van der Waals surface area contributed by atoms with E-state index in [4.69, 9.17) is 9.47 Å². The molecule has 2 atom stereocenters. The second-order valence-corrected chi connectivity index (χ2v) is 5.50. The first-order chi connectivity index (χ1) is 9.23. The van der Waals surface area contributed by atoms with Gasteiger partial charge in [-0.1, -0.05) is 29.8 Å². The van der Waals surface area contributed by atoms with E-state index in [1.54, 1.807) is 0 Å². The minimum atomic E-state index is 0.0553. The molecule has 2 rings (SSSR count). The zero-order chi connectivity index (χ0) is 13.7. The van der Waals surface area contributed by atoms with Crippen LogP contribution in [0.25, 0.3) is 0 Å². The van der Waals surface area contributed by atoms with Crippen LogP contribution in [0.4, 0.5) is 0 Å². The fraction of sp³-hybridized carbons (Fsp3) is 0.647. The van der Waals surface area contributed by atoms with Crippen LogP contribution < -0.4 is 0 Å². The van der Waals surface area contributed by atoms with Crippen LogP contribution in [0, 0.1) is 6.92 Å². The molecule has 0 aliphatic heterocycles. The van der Waals surface area contributed by atoms with Crippen molar-refractivity contribution in [3.63, 3.8) is 0 Å². The highest BCUT2D eigenvalue weighted by atomic mass is 16.5. The summed E-state index contributed by atoms with van der Waals surface area (Å²) >= 11 is 0. The van der Waals surface area contributed by atoms with Crippen LogP contribution in [0.3, 0.4) is 0 Å². The summed E-state index contributed by atoms with van der Waals surface area (Å²) in [5.41, 5.74) is 2.74. The Morgan fingerprint density at radius 3 is 2.53 bits per heavy atom. The van der Waals surface area contributed by atoms with Gasteiger partial charge in [0, 0.05) is 18.6 Å². The molecule has 2 unspecified atom stereocenters. The van der Waals surface area contributed by atoms with E-state index in [2.05, 4.69) is 45.0 Å². The fourth-order valence-corrected chi connectivity index (χ4v) is 3.23. The van der Waals surface area contributed by atoms with Crippen molar-refractivity contribution in [3.8, 4) is 0 Å². The van der Waals surface area contributed by atoms with Gasteiger partial charge in [0.1, 0.15) is 0 Å². The average Bonchev–Trinajstić information content (AvgIpc) is 2.82. The Labute approximate surface area is 117 Å². The number of hydrogen-bond acceptors (Lipinski definition) is 2. The highest BCUT2D eigenvalue weighted by molar-refractivity contribution is 5.31. The van der Waals surface area contributed by atoms with Crippen LogP contribution in [0.5, 0.6) is 0 Å². The zero-order valence-corrected chi connectivity index (χ0v) is 12.4. The fourth-order valence-electron chi connectivity index (χ4n) is 3.23. The van der Waals surface area contributed by atoms with Crippen molar-refractivity contribution in [1.82, 2.24) is 0 Å². The maximum Gasteiger partial charge on any atom is 0.0693 e. The highest BCUT2D eigenvalue weighted by Crippen LogP contribution is 2.43. The molecule has 0 heterocycles. The second-order valence-electron chi connectivity index (χ2n) is 5.50. The number of benzene rings is 1. The molecule has 0 saturated heterocycles. The van der Waals surface area contributed by atoms with Gasteiger partial charge in [0.25, 0.3) is 0 Å². The molecular weight excluding hydrogens is 236 g/mol. The summed E-state index contributed by atoms with van der Waals surface area (Å²) in [4.78, 5) is 0. The van der Waals surface area contributed by atoms with E-state index in [1.807, 2.05) is 0 Å². The first-order valence-corrected chi connectivity index (χ1v) is 7.49. The van der Waals surface area contributed by atoms with E-state index >= 15 is 0 Å². The quantitative estimate of drug-likeness (QED) is 0.775. The van der Waals surface area contributed by atoms with E-state index in [1.165, 1.54) is 24.0 Å². The zero-order valence-electron chi connectivity index (χ0n) is 12.4. The van der Waals surface area contributed by atoms with Gasteiger partial charge in [-0.25, -0.2) is 0 Å². The predicted octanol–water partition coefficient (Wildman–Crippen LogP) is 3.86. The third kappa shape index (κ3) is 3.01. The Balaban J connectivity index is 2.30. The van der Waals surface area contributed by atoms with E-state index in [0.717, 1.165) is 26.2 Å². The second kappa shape index (κ2) is 6.53. The van der Waals surface area contributed by atoms with Gasteiger partial charge in [0.05, 0.1) is 12.7 Å². The van der Waals surface area contributed by atoms with E-state index in [-0.39, 0.29) is 5.41 Å². The first kappa shape index (κ1) is 14.5. The van der Waals surface area contributed by atoms with Gasteiger partial charge < -0.3 is 9.47 Å². The van der Waals surface area contributed by atoms with E-state index in [0.29, 0.717) is 6.10 Å². The topological polar surface area (TPSA) is 18.5 Å². The molecule has 1 saturated carbocycles. The van der Waals surface area contributed by atoms with Crippen molar-refractivity contribution in [2.45, 2.75) is 51.6 Å². The molecule has 0 amide bonds. The van der Waals surface area contributed by atoms with Gasteiger partial charge >= 0.3 is 0 Å². The average molecular weight is 262 g/mol. The van der Waals surface area contributed by atoms with Crippen LogP contribution in [-0.2, 0) is 14.9 Å². The van der Waals surface area contributed by atoms with Gasteiger partial charge in [0.15, 0.2) is 0 Å². The Morgan fingerprint density at radius 2 is 1.89 bits per heavy atom. The summed E-state index contributed by atoms with van der Waals surface area (Å²) in [5.74, 6) is 0. The maximum atomic E-state index is 6.02. The van der Waals surface area contributed by atoms with Crippen molar-refractivity contribution in [2.75, 3.05) is 19.8 Å².